The topological polar surface area (TPSA) is 47.6 Å². The van der Waals surface area contributed by atoms with Gasteiger partial charge in [0.05, 0.1) is 18.5 Å². The summed E-state index contributed by atoms with van der Waals surface area (Å²) in [7, 11) is 0. The number of hydrogen-bond acceptors (Lipinski definition) is 2. The number of aliphatic imine (C=N–C) groups is 1. The minimum Gasteiger partial charge on any atom is -0.387 e. The van der Waals surface area contributed by atoms with Crippen LogP contribution >= 0.6 is 0 Å². The third kappa shape index (κ3) is 6.16. The van der Waals surface area contributed by atoms with E-state index in [4.69, 9.17) is 10.5 Å². The average molecular weight is 172 g/mol. The van der Waals surface area contributed by atoms with Gasteiger partial charge in [0, 0.05) is 13.0 Å². The highest BCUT2D eigenvalue weighted by Crippen LogP contribution is 1.93. The Morgan fingerprint density at radius 2 is 2.17 bits per heavy atom. The van der Waals surface area contributed by atoms with Gasteiger partial charge in [-0.1, -0.05) is 6.92 Å². The highest BCUT2D eigenvalue weighted by molar-refractivity contribution is 5.80. The van der Waals surface area contributed by atoms with E-state index in [1.807, 2.05) is 13.8 Å². The Bertz CT molecular complexity index is 134. The summed E-state index contributed by atoms with van der Waals surface area (Å²) in [6, 6.07) is 0. The van der Waals surface area contributed by atoms with Crippen LogP contribution < -0.4 is 5.73 Å². The van der Waals surface area contributed by atoms with Gasteiger partial charge >= 0.3 is 0 Å². The van der Waals surface area contributed by atoms with E-state index in [9.17, 15) is 0 Å². The fraction of sp³-hybridized carbons (Fsp3) is 0.889. The molecule has 2 N–H and O–H groups in total. The molecule has 0 radical (unpaired) electrons. The Balaban J connectivity index is 3.55. The van der Waals surface area contributed by atoms with Gasteiger partial charge < -0.3 is 10.5 Å². The van der Waals surface area contributed by atoms with Crippen molar-refractivity contribution in [3.8, 4) is 0 Å². The molecule has 1 unspecified atom stereocenters. The van der Waals surface area contributed by atoms with E-state index in [1.165, 1.54) is 0 Å². The summed E-state index contributed by atoms with van der Waals surface area (Å²) in [5.74, 6) is 0.740. The molecular weight excluding hydrogens is 152 g/mol. The van der Waals surface area contributed by atoms with Crippen molar-refractivity contribution >= 4 is 5.84 Å². The first-order valence-corrected chi connectivity index (χ1v) is 4.61. The molecule has 3 heteroatoms. The quantitative estimate of drug-likeness (QED) is 0.488. The zero-order valence-corrected chi connectivity index (χ0v) is 8.34. The van der Waals surface area contributed by atoms with Crippen LogP contribution in [0.25, 0.3) is 0 Å². The number of ether oxygens (including phenoxy) is 1. The van der Waals surface area contributed by atoms with Crippen molar-refractivity contribution in [2.45, 2.75) is 39.7 Å². The molecule has 0 aromatic heterocycles. The number of amidine groups is 1. The summed E-state index contributed by atoms with van der Waals surface area (Å²) in [4.78, 5) is 4.20. The van der Waals surface area contributed by atoms with Crippen LogP contribution in [0.1, 0.15) is 33.6 Å². The van der Waals surface area contributed by atoms with Crippen molar-refractivity contribution in [1.82, 2.24) is 0 Å². The Morgan fingerprint density at radius 1 is 1.50 bits per heavy atom. The Morgan fingerprint density at radius 3 is 2.67 bits per heavy atom. The molecular formula is C9H20N2O. The van der Waals surface area contributed by atoms with Gasteiger partial charge in [-0.25, -0.2) is 0 Å². The lowest BCUT2D eigenvalue weighted by atomic mass is 10.3. The molecule has 0 saturated heterocycles. The normalized spacial score (nSPS) is 14.8. The van der Waals surface area contributed by atoms with Crippen molar-refractivity contribution < 1.29 is 4.74 Å². The SMILES string of the molecule is CCCC(N)=NCC(C)OCC. The number of hydrogen-bond donors (Lipinski definition) is 1. The maximum absolute atomic E-state index is 5.62. The van der Waals surface area contributed by atoms with Crippen molar-refractivity contribution in [1.29, 1.82) is 0 Å². The minimum absolute atomic E-state index is 0.186. The molecule has 0 aliphatic carbocycles. The standard InChI is InChI=1S/C9H20N2O/c1-4-6-9(10)11-7-8(3)12-5-2/h8H,4-7H2,1-3H3,(H2,10,11). The maximum Gasteiger partial charge on any atom is 0.0938 e. The summed E-state index contributed by atoms with van der Waals surface area (Å²) in [6.45, 7) is 7.50. The molecule has 0 aromatic carbocycles. The first-order valence-electron chi connectivity index (χ1n) is 4.61. The van der Waals surface area contributed by atoms with Crippen LogP contribution in [-0.2, 0) is 4.74 Å². The second kappa shape index (κ2) is 7.10. The first kappa shape index (κ1) is 11.4. The molecule has 0 rings (SSSR count). The molecule has 0 fully saturated rings. The molecule has 0 aliphatic rings. The number of nitrogens with two attached hydrogens (primary N) is 1. The summed E-state index contributed by atoms with van der Waals surface area (Å²) in [5.41, 5.74) is 5.62. The average Bonchev–Trinajstić information content (AvgIpc) is 2.02. The molecule has 0 saturated carbocycles. The van der Waals surface area contributed by atoms with Gasteiger partial charge in [-0.15, -0.1) is 0 Å². The highest BCUT2D eigenvalue weighted by atomic mass is 16.5. The van der Waals surface area contributed by atoms with Crippen molar-refractivity contribution in [2.75, 3.05) is 13.2 Å². The van der Waals surface area contributed by atoms with Crippen LogP contribution in [0.5, 0.6) is 0 Å². The highest BCUT2D eigenvalue weighted by Gasteiger charge is 1.98. The summed E-state index contributed by atoms with van der Waals surface area (Å²) < 4.78 is 5.31. The van der Waals surface area contributed by atoms with Gasteiger partial charge in [0.15, 0.2) is 0 Å². The van der Waals surface area contributed by atoms with Gasteiger partial charge in [0.25, 0.3) is 0 Å². The van der Waals surface area contributed by atoms with E-state index in [0.29, 0.717) is 6.54 Å². The first-order chi connectivity index (χ1) is 5.70. The smallest absolute Gasteiger partial charge is 0.0938 e. The largest absolute Gasteiger partial charge is 0.387 e. The Labute approximate surface area is 75.0 Å². The molecule has 72 valence electrons. The molecule has 0 aromatic rings. The molecule has 0 aliphatic heterocycles. The molecule has 0 heterocycles. The summed E-state index contributed by atoms with van der Waals surface area (Å²) in [5, 5.41) is 0. The molecule has 12 heavy (non-hydrogen) atoms. The van der Waals surface area contributed by atoms with Crippen LogP contribution in [0.2, 0.25) is 0 Å². The van der Waals surface area contributed by atoms with Crippen molar-refractivity contribution in [2.24, 2.45) is 10.7 Å². The summed E-state index contributed by atoms with van der Waals surface area (Å²) >= 11 is 0. The number of nitrogens with zero attached hydrogens (tertiary/aromatic N) is 1. The van der Waals surface area contributed by atoms with Crippen LogP contribution in [0, 0.1) is 0 Å². The fourth-order valence-electron chi connectivity index (χ4n) is 0.918. The zero-order valence-electron chi connectivity index (χ0n) is 8.34. The second-order valence-electron chi connectivity index (χ2n) is 2.85. The van der Waals surface area contributed by atoms with Gasteiger partial charge in [-0.05, 0) is 20.3 Å². The number of rotatable bonds is 6. The lowest BCUT2D eigenvalue weighted by Crippen LogP contribution is -2.17. The van der Waals surface area contributed by atoms with Crippen LogP contribution in [0.3, 0.4) is 0 Å². The van der Waals surface area contributed by atoms with E-state index in [2.05, 4.69) is 11.9 Å². The lowest BCUT2D eigenvalue weighted by molar-refractivity contribution is 0.0829. The Kier molecular flexibility index (Phi) is 6.76. The molecule has 0 amide bonds. The second-order valence-corrected chi connectivity index (χ2v) is 2.85. The Hall–Kier alpha value is -0.570. The lowest BCUT2D eigenvalue weighted by Gasteiger charge is -2.08. The molecule has 0 spiro atoms. The molecule has 3 nitrogen and oxygen atoms in total. The molecule has 0 bridgehead atoms. The predicted molar refractivity (Wildman–Crippen MR) is 52.5 cm³/mol. The fourth-order valence-corrected chi connectivity index (χ4v) is 0.918. The minimum atomic E-state index is 0.186. The van der Waals surface area contributed by atoms with Gasteiger partial charge in [0.2, 0.25) is 0 Å². The van der Waals surface area contributed by atoms with E-state index >= 15 is 0 Å². The van der Waals surface area contributed by atoms with Crippen LogP contribution in [0.4, 0.5) is 0 Å². The predicted octanol–water partition coefficient (Wildman–Crippen LogP) is 1.57. The maximum atomic E-state index is 5.62. The van der Waals surface area contributed by atoms with Crippen LogP contribution in [-0.4, -0.2) is 25.1 Å². The van der Waals surface area contributed by atoms with Gasteiger partial charge in [-0.3, -0.25) is 4.99 Å². The van der Waals surface area contributed by atoms with Crippen molar-refractivity contribution in [3.63, 3.8) is 0 Å². The van der Waals surface area contributed by atoms with E-state index < -0.39 is 0 Å². The van der Waals surface area contributed by atoms with Crippen LogP contribution in [0.15, 0.2) is 4.99 Å². The third-order valence-corrected chi connectivity index (χ3v) is 1.51. The van der Waals surface area contributed by atoms with Gasteiger partial charge in [-0.2, -0.15) is 0 Å². The zero-order chi connectivity index (χ0) is 9.40. The monoisotopic (exact) mass is 172 g/mol. The van der Waals surface area contributed by atoms with E-state index in [0.717, 1.165) is 25.3 Å². The summed E-state index contributed by atoms with van der Waals surface area (Å²) in [6.07, 6.45) is 2.13. The van der Waals surface area contributed by atoms with Gasteiger partial charge in [0.1, 0.15) is 0 Å². The van der Waals surface area contributed by atoms with E-state index in [-0.39, 0.29) is 6.10 Å². The van der Waals surface area contributed by atoms with E-state index in [1.54, 1.807) is 0 Å². The molecule has 1 atom stereocenters. The third-order valence-electron chi connectivity index (χ3n) is 1.51. The van der Waals surface area contributed by atoms with Crippen molar-refractivity contribution in [3.05, 3.63) is 0 Å².